The maximum atomic E-state index is 12.9. The Kier molecular flexibility index (Phi) is 6.33. The highest BCUT2D eigenvalue weighted by Crippen LogP contribution is 2.40. The van der Waals surface area contributed by atoms with E-state index in [0.29, 0.717) is 28.4 Å². The fourth-order valence-corrected chi connectivity index (χ4v) is 4.47. The van der Waals surface area contributed by atoms with E-state index in [1.165, 1.54) is 29.2 Å². The number of fused-ring (bicyclic) bond motifs is 1. The van der Waals surface area contributed by atoms with Gasteiger partial charge in [-0.1, -0.05) is 36.7 Å². The summed E-state index contributed by atoms with van der Waals surface area (Å²) in [4.78, 5) is 51.4. The Labute approximate surface area is 196 Å². The number of imide groups is 1. The predicted molar refractivity (Wildman–Crippen MR) is 124 cm³/mol. The van der Waals surface area contributed by atoms with Gasteiger partial charge in [-0.25, -0.2) is 4.79 Å². The minimum absolute atomic E-state index is 0.00120. The van der Waals surface area contributed by atoms with Gasteiger partial charge < -0.3 is 10.1 Å². The molecule has 0 radical (unpaired) electrons. The highest BCUT2D eigenvalue weighted by molar-refractivity contribution is 6.31. The average molecular weight is 467 g/mol. The number of carbonyl (C=O) groups is 4. The molecule has 0 spiro atoms. The molecule has 1 fully saturated rings. The lowest BCUT2D eigenvalue weighted by atomic mass is 9.78. The van der Waals surface area contributed by atoms with Crippen LogP contribution in [0, 0.1) is 24.7 Å². The molecule has 1 aliphatic heterocycles. The van der Waals surface area contributed by atoms with Crippen LogP contribution in [-0.2, 0) is 19.1 Å². The molecular weight excluding hydrogens is 444 g/mol. The van der Waals surface area contributed by atoms with Gasteiger partial charge in [0.15, 0.2) is 6.61 Å². The van der Waals surface area contributed by atoms with Crippen molar-refractivity contribution in [3.05, 3.63) is 70.8 Å². The van der Waals surface area contributed by atoms with E-state index in [1.807, 2.05) is 19.1 Å². The molecule has 1 aliphatic carbocycles. The third-order valence-electron chi connectivity index (χ3n) is 6.11. The van der Waals surface area contributed by atoms with Gasteiger partial charge in [-0.3, -0.25) is 19.3 Å². The summed E-state index contributed by atoms with van der Waals surface area (Å²) in [6, 6.07) is 11.1. The number of carbonyl (C=O) groups excluding carboxylic acids is 4. The quantitative estimate of drug-likeness (QED) is 0.406. The van der Waals surface area contributed by atoms with Crippen LogP contribution in [0.4, 0.5) is 11.4 Å². The second-order valence-corrected chi connectivity index (χ2v) is 8.66. The van der Waals surface area contributed by atoms with Crippen molar-refractivity contribution in [3.8, 4) is 0 Å². The summed E-state index contributed by atoms with van der Waals surface area (Å²) >= 11 is 6.04. The summed E-state index contributed by atoms with van der Waals surface area (Å²) in [5, 5.41) is 3.17. The Morgan fingerprint density at radius 1 is 1.12 bits per heavy atom. The highest BCUT2D eigenvalue weighted by atomic mass is 35.5. The molecule has 4 rings (SSSR count). The summed E-state index contributed by atoms with van der Waals surface area (Å²) in [5.74, 6) is -2.32. The number of nitrogens with one attached hydrogen (secondary N) is 1. The molecule has 1 N–H and O–H groups in total. The van der Waals surface area contributed by atoms with Crippen molar-refractivity contribution < 1.29 is 23.9 Å². The zero-order valence-electron chi connectivity index (χ0n) is 18.2. The van der Waals surface area contributed by atoms with E-state index >= 15 is 0 Å². The van der Waals surface area contributed by atoms with Crippen LogP contribution in [0.5, 0.6) is 0 Å². The smallest absolute Gasteiger partial charge is 0.338 e. The monoisotopic (exact) mass is 466 g/mol. The number of rotatable bonds is 5. The summed E-state index contributed by atoms with van der Waals surface area (Å²) in [6.07, 6.45) is 4.47. The van der Waals surface area contributed by atoms with Crippen molar-refractivity contribution in [2.24, 2.45) is 17.8 Å². The molecule has 0 aromatic heterocycles. The van der Waals surface area contributed by atoms with E-state index in [4.69, 9.17) is 16.3 Å². The van der Waals surface area contributed by atoms with Gasteiger partial charge in [-0.05, 0) is 61.2 Å². The van der Waals surface area contributed by atoms with E-state index < -0.39 is 18.5 Å². The number of halogens is 1. The molecule has 2 aliphatic rings. The largest absolute Gasteiger partial charge is 0.452 e. The number of hydrogen-bond donors (Lipinski definition) is 1. The van der Waals surface area contributed by atoms with E-state index in [9.17, 15) is 19.2 Å². The lowest BCUT2D eigenvalue weighted by Crippen LogP contribution is -2.31. The van der Waals surface area contributed by atoms with E-state index in [-0.39, 0.29) is 35.1 Å². The van der Waals surface area contributed by atoms with Crippen LogP contribution in [0.25, 0.3) is 0 Å². The molecule has 33 heavy (non-hydrogen) atoms. The highest BCUT2D eigenvalue weighted by Gasteiger charge is 2.50. The standard InChI is InChI=1S/C25H23ClN2O5/c1-14-5-3-6-18-22(14)24(31)28(23(18)30)17-11-9-16(10-12-17)25(32)33-13-21(29)27-20-8-4-7-19(26)15(20)2/h3-5,7-12,14,18,22H,6,13H2,1-2H3,(H,27,29)/t14-,18-,22-/m1/s1. The topological polar surface area (TPSA) is 92.8 Å². The number of anilines is 2. The minimum atomic E-state index is -0.690. The number of benzene rings is 2. The first-order chi connectivity index (χ1) is 15.8. The summed E-state index contributed by atoms with van der Waals surface area (Å²) in [5.41, 5.74) is 1.87. The molecule has 0 saturated carbocycles. The van der Waals surface area contributed by atoms with Gasteiger partial charge in [0.2, 0.25) is 11.8 Å². The van der Waals surface area contributed by atoms with Gasteiger partial charge in [0.25, 0.3) is 5.91 Å². The molecular formula is C25H23ClN2O5. The maximum Gasteiger partial charge on any atom is 0.338 e. The van der Waals surface area contributed by atoms with Gasteiger partial charge in [-0.15, -0.1) is 0 Å². The van der Waals surface area contributed by atoms with Crippen molar-refractivity contribution in [2.45, 2.75) is 20.3 Å². The van der Waals surface area contributed by atoms with Crippen LogP contribution in [0.15, 0.2) is 54.6 Å². The predicted octanol–water partition coefficient (Wildman–Crippen LogP) is 4.15. The van der Waals surface area contributed by atoms with Gasteiger partial charge in [0.05, 0.1) is 23.1 Å². The number of ether oxygens (including phenoxy) is 1. The van der Waals surface area contributed by atoms with Crippen LogP contribution >= 0.6 is 11.6 Å². The van der Waals surface area contributed by atoms with E-state index in [1.54, 1.807) is 25.1 Å². The van der Waals surface area contributed by atoms with Gasteiger partial charge >= 0.3 is 5.97 Å². The van der Waals surface area contributed by atoms with Gasteiger partial charge in [-0.2, -0.15) is 0 Å². The van der Waals surface area contributed by atoms with Crippen molar-refractivity contribution >= 4 is 46.7 Å². The molecule has 3 amide bonds. The second kappa shape index (κ2) is 9.19. The van der Waals surface area contributed by atoms with Crippen molar-refractivity contribution in [2.75, 3.05) is 16.8 Å². The van der Waals surface area contributed by atoms with Gasteiger partial charge in [0, 0.05) is 10.7 Å². The molecule has 0 unspecified atom stereocenters. The van der Waals surface area contributed by atoms with Crippen LogP contribution in [0.3, 0.4) is 0 Å². The first kappa shape index (κ1) is 22.7. The Bertz CT molecular complexity index is 1160. The molecule has 1 heterocycles. The summed E-state index contributed by atoms with van der Waals surface area (Å²) in [7, 11) is 0. The second-order valence-electron chi connectivity index (χ2n) is 8.25. The first-order valence-corrected chi connectivity index (χ1v) is 11.0. The third kappa shape index (κ3) is 4.41. The van der Waals surface area contributed by atoms with Crippen LogP contribution in [-0.4, -0.2) is 30.3 Å². The third-order valence-corrected chi connectivity index (χ3v) is 6.52. The molecule has 170 valence electrons. The number of hydrogen-bond acceptors (Lipinski definition) is 5. The first-order valence-electron chi connectivity index (χ1n) is 10.6. The Morgan fingerprint density at radius 2 is 1.85 bits per heavy atom. The maximum absolute atomic E-state index is 12.9. The van der Waals surface area contributed by atoms with Crippen LogP contribution in [0.1, 0.15) is 29.3 Å². The Morgan fingerprint density at radius 3 is 2.55 bits per heavy atom. The van der Waals surface area contributed by atoms with E-state index in [2.05, 4.69) is 5.32 Å². The number of amides is 3. The normalized spacial score (nSPS) is 21.7. The molecule has 3 atom stereocenters. The molecule has 7 nitrogen and oxygen atoms in total. The molecule has 2 aromatic rings. The fraction of sp³-hybridized carbons (Fsp3) is 0.280. The lowest BCUT2D eigenvalue weighted by molar-refractivity contribution is -0.123. The Hall–Kier alpha value is -3.45. The molecule has 0 bridgehead atoms. The fourth-order valence-electron chi connectivity index (χ4n) is 4.29. The number of allylic oxidation sites excluding steroid dienone is 2. The zero-order valence-corrected chi connectivity index (χ0v) is 19.0. The van der Waals surface area contributed by atoms with Crippen LogP contribution < -0.4 is 10.2 Å². The molecule has 8 heteroatoms. The summed E-state index contributed by atoms with van der Waals surface area (Å²) < 4.78 is 5.09. The van der Waals surface area contributed by atoms with Crippen LogP contribution in [0.2, 0.25) is 5.02 Å². The number of nitrogens with zero attached hydrogens (tertiary/aromatic N) is 1. The van der Waals surface area contributed by atoms with Crippen molar-refractivity contribution in [3.63, 3.8) is 0 Å². The van der Waals surface area contributed by atoms with Crippen molar-refractivity contribution in [1.82, 2.24) is 0 Å². The zero-order chi connectivity index (χ0) is 23.7. The molecule has 2 aromatic carbocycles. The van der Waals surface area contributed by atoms with E-state index in [0.717, 1.165) is 0 Å². The average Bonchev–Trinajstić information content (AvgIpc) is 3.06. The Balaban J connectivity index is 1.38. The number of esters is 1. The summed E-state index contributed by atoms with van der Waals surface area (Å²) in [6.45, 7) is 3.24. The minimum Gasteiger partial charge on any atom is -0.452 e. The lowest BCUT2D eigenvalue weighted by Gasteiger charge is -2.22. The SMILES string of the molecule is Cc1c(Cl)cccc1NC(=O)COC(=O)c1ccc(N2C(=O)[C@@H]3[C@H](C)C=CC[C@H]3C2=O)cc1. The van der Waals surface area contributed by atoms with Gasteiger partial charge in [0.1, 0.15) is 0 Å². The van der Waals surface area contributed by atoms with Crippen molar-refractivity contribution in [1.29, 1.82) is 0 Å². The molecule has 1 saturated heterocycles.